The number of carboxylic acid groups (broad SMARTS) is 2. The number of aromatic carboxylic acids is 2. The summed E-state index contributed by atoms with van der Waals surface area (Å²) in [5.41, 5.74) is 0.335. The van der Waals surface area contributed by atoms with Crippen LogP contribution < -0.4 is 5.32 Å². The Kier molecular flexibility index (Phi) is 10.7. The van der Waals surface area contributed by atoms with Crippen molar-refractivity contribution in [3.8, 4) is 0 Å². The molecule has 1 fully saturated rings. The predicted molar refractivity (Wildman–Crippen MR) is 84.6 cm³/mol. The van der Waals surface area contributed by atoms with E-state index in [9.17, 15) is 9.59 Å². The van der Waals surface area contributed by atoms with Crippen LogP contribution in [-0.2, 0) is 0 Å². The molecule has 124 valence electrons. The summed E-state index contributed by atoms with van der Waals surface area (Å²) in [6, 6.07) is 4.17. The zero-order valence-electron chi connectivity index (χ0n) is 13.1. The van der Waals surface area contributed by atoms with E-state index in [1.165, 1.54) is 57.5 Å². The van der Waals surface area contributed by atoms with Gasteiger partial charge in [0.25, 0.3) is 0 Å². The minimum atomic E-state index is -1.11. The summed E-state index contributed by atoms with van der Waals surface area (Å²) in [6.07, 6.45) is 4.22. The smallest absolute Gasteiger partial charge is 0.335 e. The van der Waals surface area contributed by atoms with E-state index in [0.717, 1.165) is 0 Å². The molecule has 6 nitrogen and oxygen atoms in total. The highest BCUT2D eigenvalue weighted by molar-refractivity contribution is 5.96. The molecule has 6 heteroatoms. The molecule has 1 aromatic carbocycles. The van der Waals surface area contributed by atoms with Crippen molar-refractivity contribution < 1.29 is 24.9 Å². The summed E-state index contributed by atoms with van der Waals surface area (Å²) in [5, 5.41) is 28.2. The van der Waals surface area contributed by atoms with Crippen molar-refractivity contribution in [1.82, 2.24) is 5.32 Å². The molecular formula is C16H25NO5. The molecule has 0 spiro atoms. The van der Waals surface area contributed by atoms with Crippen LogP contribution in [-0.4, -0.2) is 47.0 Å². The van der Waals surface area contributed by atoms with Crippen LogP contribution in [0, 0.1) is 6.92 Å². The molecule has 2 rings (SSSR count). The average Bonchev–Trinajstić information content (AvgIpc) is 2.50. The summed E-state index contributed by atoms with van der Waals surface area (Å²) in [4.78, 5) is 21.2. The lowest BCUT2D eigenvalue weighted by Gasteiger charge is -2.08. The first-order chi connectivity index (χ1) is 10.5. The largest absolute Gasteiger partial charge is 0.478 e. The molecule has 1 aliphatic heterocycles. The van der Waals surface area contributed by atoms with Crippen LogP contribution in [0.3, 0.4) is 0 Å². The number of aliphatic hydroxyl groups excluding tert-OH is 1. The zero-order chi connectivity index (χ0) is 17.0. The monoisotopic (exact) mass is 311 g/mol. The molecule has 1 aromatic rings. The fraction of sp³-hybridized carbons (Fsp3) is 0.500. The van der Waals surface area contributed by atoms with Gasteiger partial charge >= 0.3 is 11.9 Å². The summed E-state index contributed by atoms with van der Waals surface area (Å²) < 4.78 is 0. The van der Waals surface area contributed by atoms with Crippen LogP contribution >= 0.6 is 0 Å². The van der Waals surface area contributed by atoms with Gasteiger partial charge < -0.3 is 20.6 Å². The van der Waals surface area contributed by atoms with Crippen molar-refractivity contribution in [3.05, 3.63) is 34.9 Å². The first-order valence-electron chi connectivity index (χ1n) is 7.33. The number of hydrogen-bond acceptors (Lipinski definition) is 4. The third kappa shape index (κ3) is 7.75. The van der Waals surface area contributed by atoms with E-state index in [1.54, 1.807) is 6.92 Å². The van der Waals surface area contributed by atoms with Crippen molar-refractivity contribution in [2.45, 2.75) is 33.1 Å². The van der Waals surface area contributed by atoms with Gasteiger partial charge in [0.15, 0.2) is 0 Å². The topological polar surface area (TPSA) is 107 Å². The van der Waals surface area contributed by atoms with Crippen LogP contribution in [0.5, 0.6) is 0 Å². The average molecular weight is 311 g/mol. The fourth-order valence-corrected chi connectivity index (χ4v) is 1.90. The summed E-state index contributed by atoms with van der Waals surface area (Å²) in [6.45, 7) is 5.91. The lowest BCUT2D eigenvalue weighted by Crippen LogP contribution is -2.21. The van der Waals surface area contributed by atoms with Gasteiger partial charge in [0, 0.05) is 6.61 Å². The Morgan fingerprint density at radius 3 is 1.68 bits per heavy atom. The number of rotatable bonds is 2. The SMILES string of the molecule is C1CCNCC1.CCO.Cc1c(C(=O)O)cccc1C(=O)O. The predicted octanol–water partition coefficient (Wildman–Crippen LogP) is 2.15. The van der Waals surface area contributed by atoms with E-state index >= 15 is 0 Å². The van der Waals surface area contributed by atoms with Crippen LogP contribution in [0.2, 0.25) is 0 Å². The number of aliphatic hydroxyl groups is 1. The lowest BCUT2D eigenvalue weighted by atomic mass is 10.0. The van der Waals surface area contributed by atoms with Crippen molar-refractivity contribution in [1.29, 1.82) is 0 Å². The number of nitrogens with one attached hydrogen (secondary N) is 1. The van der Waals surface area contributed by atoms with E-state index in [4.69, 9.17) is 15.3 Å². The molecule has 0 aliphatic carbocycles. The van der Waals surface area contributed by atoms with Gasteiger partial charge in [0.05, 0.1) is 11.1 Å². The molecular weight excluding hydrogens is 286 g/mol. The molecule has 0 aromatic heterocycles. The van der Waals surface area contributed by atoms with Crippen LogP contribution in [0.25, 0.3) is 0 Å². The fourth-order valence-electron chi connectivity index (χ4n) is 1.90. The second-order valence-electron chi connectivity index (χ2n) is 4.72. The normalized spacial score (nSPS) is 13.0. The van der Waals surface area contributed by atoms with Crippen molar-refractivity contribution >= 4 is 11.9 Å². The Morgan fingerprint density at radius 1 is 1.05 bits per heavy atom. The zero-order valence-corrected chi connectivity index (χ0v) is 13.1. The molecule has 1 aliphatic rings. The number of carboxylic acids is 2. The molecule has 0 bridgehead atoms. The van der Waals surface area contributed by atoms with Crippen molar-refractivity contribution in [2.24, 2.45) is 0 Å². The molecule has 1 heterocycles. The molecule has 0 atom stereocenters. The molecule has 1 saturated heterocycles. The van der Waals surface area contributed by atoms with E-state index in [2.05, 4.69) is 5.32 Å². The second-order valence-corrected chi connectivity index (χ2v) is 4.72. The number of benzene rings is 1. The minimum absolute atomic E-state index is 0.0277. The Labute approximate surface area is 130 Å². The van der Waals surface area contributed by atoms with Gasteiger partial charge in [-0.25, -0.2) is 9.59 Å². The maximum Gasteiger partial charge on any atom is 0.335 e. The van der Waals surface area contributed by atoms with E-state index < -0.39 is 11.9 Å². The molecule has 0 radical (unpaired) electrons. The Hall–Kier alpha value is -1.92. The van der Waals surface area contributed by atoms with Gasteiger partial charge in [-0.3, -0.25) is 0 Å². The number of piperidine rings is 1. The minimum Gasteiger partial charge on any atom is -0.478 e. The van der Waals surface area contributed by atoms with Crippen LogP contribution in [0.4, 0.5) is 0 Å². The first kappa shape index (κ1) is 20.1. The van der Waals surface area contributed by atoms with E-state index in [-0.39, 0.29) is 23.3 Å². The summed E-state index contributed by atoms with van der Waals surface area (Å²) in [7, 11) is 0. The van der Waals surface area contributed by atoms with Gasteiger partial charge in [-0.05, 0) is 57.5 Å². The van der Waals surface area contributed by atoms with Gasteiger partial charge in [-0.15, -0.1) is 0 Å². The molecule has 4 N–H and O–H groups in total. The molecule has 0 saturated carbocycles. The van der Waals surface area contributed by atoms with E-state index in [0.29, 0.717) is 0 Å². The third-order valence-corrected chi connectivity index (χ3v) is 3.00. The van der Waals surface area contributed by atoms with Gasteiger partial charge in [0.1, 0.15) is 0 Å². The van der Waals surface area contributed by atoms with Gasteiger partial charge in [-0.1, -0.05) is 12.5 Å². The Bertz CT molecular complexity index is 426. The summed E-state index contributed by atoms with van der Waals surface area (Å²) in [5.74, 6) is -2.22. The lowest BCUT2D eigenvalue weighted by molar-refractivity contribution is 0.0696. The van der Waals surface area contributed by atoms with Crippen molar-refractivity contribution in [3.63, 3.8) is 0 Å². The standard InChI is InChI=1S/C9H8O4.C5H11N.C2H6O/c1-5-6(8(10)11)3-2-4-7(5)9(12)13;1-2-4-6-5-3-1;1-2-3/h2-4H,1H3,(H,10,11)(H,12,13);6H,1-5H2;3H,2H2,1H3. The quantitative estimate of drug-likeness (QED) is 0.667. The Morgan fingerprint density at radius 2 is 1.45 bits per heavy atom. The molecule has 0 amide bonds. The van der Waals surface area contributed by atoms with Crippen molar-refractivity contribution in [2.75, 3.05) is 19.7 Å². The highest BCUT2D eigenvalue weighted by Gasteiger charge is 2.13. The third-order valence-electron chi connectivity index (χ3n) is 3.00. The highest BCUT2D eigenvalue weighted by Crippen LogP contribution is 2.13. The maximum atomic E-state index is 10.6. The van der Waals surface area contributed by atoms with Gasteiger partial charge in [-0.2, -0.15) is 0 Å². The van der Waals surface area contributed by atoms with Crippen LogP contribution in [0.1, 0.15) is 52.5 Å². The molecule has 22 heavy (non-hydrogen) atoms. The first-order valence-corrected chi connectivity index (χ1v) is 7.33. The number of hydrogen-bond donors (Lipinski definition) is 4. The second kappa shape index (κ2) is 11.7. The maximum absolute atomic E-state index is 10.6. The highest BCUT2D eigenvalue weighted by atomic mass is 16.4. The van der Waals surface area contributed by atoms with E-state index in [1.807, 2.05) is 0 Å². The Balaban J connectivity index is 0.000000404. The van der Waals surface area contributed by atoms with Gasteiger partial charge in [0.2, 0.25) is 0 Å². The molecule has 0 unspecified atom stereocenters. The van der Waals surface area contributed by atoms with Crippen LogP contribution in [0.15, 0.2) is 18.2 Å². The summed E-state index contributed by atoms with van der Waals surface area (Å²) >= 11 is 0. The number of carbonyl (C=O) groups is 2.